The van der Waals surface area contributed by atoms with Gasteiger partial charge in [-0.2, -0.15) is 0 Å². The Hall–Kier alpha value is -3.24. The number of nitrogens with one attached hydrogen (secondary N) is 2. The number of aliphatic imine (C=N–C) groups is 1. The minimum atomic E-state index is -3.23. The summed E-state index contributed by atoms with van der Waals surface area (Å²) in [6.45, 7) is 4.19. The van der Waals surface area contributed by atoms with Crippen LogP contribution in [0.2, 0.25) is 0 Å². The topological polar surface area (TPSA) is 127 Å². The average molecular weight is 530 g/mol. The number of allylic oxidation sites excluding steroid dienone is 5. The highest BCUT2D eigenvalue weighted by Gasteiger charge is 2.15. The molecule has 1 aliphatic rings. The van der Waals surface area contributed by atoms with Crippen LogP contribution in [0.25, 0.3) is 0 Å². The fourth-order valence-electron chi connectivity index (χ4n) is 3.37. The Morgan fingerprint density at radius 2 is 1.92 bits per heavy atom. The molecule has 10 heteroatoms. The van der Waals surface area contributed by atoms with Gasteiger partial charge in [-0.3, -0.25) is 9.79 Å². The van der Waals surface area contributed by atoms with E-state index >= 15 is 0 Å². The van der Waals surface area contributed by atoms with Crippen molar-refractivity contribution in [2.24, 2.45) is 10.7 Å². The fraction of sp³-hybridized carbons (Fsp3) is 0.346. The normalized spacial score (nSPS) is 13.3. The summed E-state index contributed by atoms with van der Waals surface area (Å²) in [5, 5.41) is 6.50. The van der Waals surface area contributed by atoms with Gasteiger partial charge in [-0.05, 0) is 55.5 Å². The zero-order chi connectivity index (χ0) is 26.6. The molecule has 0 bridgehead atoms. The summed E-state index contributed by atoms with van der Waals surface area (Å²) in [7, 11) is -1.33. The lowest BCUT2D eigenvalue weighted by Crippen LogP contribution is -2.05. The summed E-state index contributed by atoms with van der Waals surface area (Å²) in [6.07, 6.45) is 12.6. The van der Waals surface area contributed by atoms with Crippen LogP contribution in [0, 0.1) is 0 Å². The van der Waals surface area contributed by atoms with Gasteiger partial charge >= 0.3 is 0 Å². The van der Waals surface area contributed by atoms with Crippen LogP contribution in [0.1, 0.15) is 36.4 Å². The van der Waals surface area contributed by atoms with Gasteiger partial charge in [0.05, 0.1) is 16.9 Å². The standard InChI is InChI=1S/C23H27N3O3S2.C3H8N2/c1-16(27)25-23-26-21(14-10-17-7-11-19(24-2)12-8-17)22(30-23)15-18-5-4-6-20(13-9-18)31(3,28)29;1-2-5-3-4/h5-9,11-13,24H,4,10,14-15H2,1-3H3,(H,25,26,27);3H,2H2,1H3,(H2,4,5). The maximum Gasteiger partial charge on any atom is 0.223 e. The maximum atomic E-state index is 11.8. The van der Waals surface area contributed by atoms with Crippen LogP contribution in [0.5, 0.6) is 0 Å². The number of carbonyl (C=O) groups is 1. The van der Waals surface area contributed by atoms with Crippen LogP contribution in [0.4, 0.5) is 10.8 Å². The molecule has 1 aliphatic carbocycles. The molecule has 1 aromatic heterocycles. The van der Waals surface area contributed by atoms with E-state index in [1.807, 2.05) is 38.3 Å². The second-order valence-corrected chi connectivity index (χ2v) is 11.2. The van der Waals surface area contributed by atoms with Gasteiger partial charge in [0.15, 0.2) is 15.0 Å². The van der Waals surface area contributed by atoms with E-state index in [4.69, 9.17) is 5.73 Å². The summed E-state index contributed by atoms with van der Waals surface area (Å²) in [4.78, 5) is 21.2. The largest absolute Gasteiger partial charge is 0.390 e. The van der Waals surface area contributed by atoms with E-state index in [0.717, 1.165) is 41.2 Å². The van der Waals surface area contributed by atoms with Crippen molar-refractivity contribution in [2.45, 2.75) is 39.5 Å². The van der Waals surface area contributed by atoms with E-state index in [-0.39, 0.29) is 5.91 Å². The number of rotatable bonds is 9. The van der Waals surface area contributed by atoms with Gasteiger partial charge in [-0.25, -0.2) is 13.4 Å². The molecule has 4 N–H and O–H groups in total. The average Bonchev–Trinajstić information content (AvgIpc) is 3.02. The number of hydrogen-bond acceptors (Lipinski definition) is 7. The first-order valence-electron chi connectivity index (χ1n) is 11.7. The fourth-order valence-corrected chi connectivity index (χ4v) is 5.17. The van der Waals surface area contributed by atoms with E-state index in [1.165, 1.54) is 36.4 Å². The van der Waals surface area contributed by atoms with Crippen molar-refractivity contribution in [1.29, 1.82) is 0 Å². The van der Waals surface area contributed by atoms with Gasteiger partial charge in [0, 0.05) is 43.8 Å². The van der Waals surface area contributed by atoms with E-state index < -0.39 is 9.84 Å². The van der Waals surface area contributed by atoms with E-state index in [2.05, 4.69) is 32.7 Å². The Kier molecular flexibility index (Phi) is 11.6. The minimum Gasteiger partial charge on any atom is -0.390 e. The number of nitrogens with zero attached hydrogens (tertiary/aromatic N) is 2. The van der Waals surface area contributed by atoms with Crippen LogP contribution in [0.15, 0.2) is 64.0 Å². The minimum absolute atomic E-state index is 0.148. The van der Waals surface area contributed by atoms with Crippen molar-refractivity contribution < 1.29 is 13.2 Å². The summed E-state index contributed by atoms with van der Waals surface area (Å²) in [6, 6.07) is 8.30. The molecule has 1 aromatic carbocycles. The summed E-state index contributed by atoms with van der Waals surface area (Å²) in [5.74, 6) is -0.148. The molecule has 0 saturated heterocycles. The molecule has 0 fully saturated rings. The molecule has 0 spiro atoms. The monoisotopic (exact) mass is 529 g/mol. The number of aryl methyl sites for hydroxylation is 2. The SMILES string of the molecule is CCN=CN.CNc1ccc(CCc2nc(NC(C)=O)sc2CC2=CCC=C(S(C)(=O)=O)C=C2)cc1. The first-order valence-corrected chi connectivity index (χ1v) is 14.4. The molecule has 194 valence electrons. The zero-order valence-corrected chi connectivity index (χ0v) is 22.9. The number of aromatic nitrogens is 1. The molecule has 1 amide bonds. The van der Waals surface area contributed by atoms with Crippen LogP contribution in [0.3, 0.4) is 0 Å². The Morgan fingerprint density at radius 1 is 1.19 bits per heavy atom. The predicted molar refractivity (Wildman–Crippen MR) is 152 cm³/mol. The van der Waals surface area contributed by atoms with Crippen LogP contribution in [-0.4, -0.2) is 45.5 Å². The smallest absolute Gasteiger partial charge is 0.223 e. The van der Waals surface area contributed by atoms with Crippen LogP contribution >= 0.6 is 11.3 Å². The van der Waals surface area contributed by atoms with Gasteiger partial charge in [-0.1, -0.05) is 30.4 Å². The Labute approximate surface area is 218 Å². The number of amides is 1. The molecule has 8 nitrogen and oxygen atoms in total. The molecule has 0 saturated carbocycles. The van der Waals surface area contributed by atoms with Crippen molar-refractivity contribution in [1.82, 2.24) is 4.98 Å². The third-order valence-corrected chi connectivity index (χ3v) is 7.37. The van der Waals surface area contributed by atoms with Crippen molar-refractivity contribution in [2.75, 3.05) is 30.5 Å². The van der Waals surface area contributed by atoms with E-state index in [0.29, 0.717) is 22.9 Å². The third-order valence-electron chi connectivity index (χ3n) is 5.20. The molecule has 2 aromatic rings. The molecular weight excluding hydrogens is 494 g/mol. The lowest BCUT2D eigenvalue weighted by atomic mass is 10.0. The number of benzene rings is 1. The predicted octanol–water partition coefficient (Wildman–Crippen LogP) is 4.28. The molecule has 0 atom stereocenters. The first-order chi connectivity index (χ1) is 17.2. The summed E-state index contributed by atoms with van der Waals surface area (Å²) >= 11 is 1.47. The summed E-state index contributed by atoms with van der Waals surface area (Å²) < 4.78 is 23.7. The van der Waals surface area contributed by atoms with Crippen molar-refractivity contribution in [3.63, 3.8) is 0 Å². The second kappa shape index (κ2) is 14.4. The highest BCUT2D eigenvalue weighted by Crippen LogP contribution is 2.28. The molecule has 1 heterocycles. The lowest BCUT2D eigenvalue weighted by molar-refractivity contribution is -0.114. The van der Waals surface area contributed by atoms with Gasteiger partial charge in [0.1, 0.15) is 0 Å². The Bertz CT molecular complexity index is 1240. The van der Waals surface area contributed by atoms with E-state index in [9.17, 15) is 13.2 Å². The van der Waals surface area contributed by atoms with Crippen molar-refractivity contribution in [3.8, 4) is 0 Å². The lowest BCUT2D eigenvalue weighted by Gasteiger charge is -2.05. The highest BCUT2D eigenvalue weighted by atomic mass is 32.2. The van der Waals surface area contributed by atoms with Gasteiger partial charge in [0.2, 0.25) is 5.91 Å². The molecule has 0 aliphatic heterocycles. The molecular formula is C26H35N5O3S2. The number of carbonyl (C=O) groups excluding carboxylic acids is 1. The molecule has 0 unspecified atom stereocenters. The van der Waals surface area contributed by atoms with E-state index in [1.54, 1.807) is 12.2 Å². The zero-order valence-electron chi connectivity index (χ0n) is 21.2. The molecule has 3 rings (SSSR count). The van der Waals surface area contributed by atoms with Crippen molar-refractivity contribution >= 4 is 44.2 Å². The third kappa shape index (κ3) is 9.79. The molecule has 0 radical (unpaired) electrons. The van der Waals surface area contributed by atoms with Gasteiger partial charge in [0.25, 0.3) is 0 Å². The first kappa shape index (κ1) is 29.0. The summed E-state index contributed by atoms with van der Waals surface area (Å²) in [5.41, 5.74) is 9.13. The quantitative estimate of drug-likeness (QED) is 0.329. The number of thiazole rings is 1. The Balaban J connectivity index is 0.000000830. The van der Waals surface area contributed by atoms with Gasteiger partial charge < -0.3 is 16.4 Å². The number of sulfone groups is 1. The van der Waals surface area contributed by atoms with Crippen molar-refractivity contribution in [3.05, 3.63) is 75.2 Å². The second-order valence-electron chi connectivity index (χ2n) is 8.07. The highest BCUT2D eigenvalue weighted by molar-refractivity contribution is 7.94. The van der Waals surface area contributed by atoms with Crippen LogP contribution < -0.4 is 16.4 Å². The number of hydrogen-bond donors (Lipinski definition) is 3. The van der Waals surface area contributed by atoms with Gasteiger partial charge in [-0.15, -0.1) is 11.3 Å². The Morgan fingerprint density at radius 3 is 2.47 bits per heavy atom. The number of nitrogens with two attached hydrogens (primary N) is 1. The number of anilines is 2. The van der Waals surface area contributed by atoms with Crippen LogP contribution in [-0.2, 0) is 33.9 Å². The molecule has 36 heavy (non-hydrogen) atoms. The maximum absolute atomic E-state index is 11.8.